The number of methoxy groups -OCH3 is 2. The highest BCUT2D eigenvalue weighted by Crippen LogP contribution is 2.37. The van der Waals surface area contributed by atoms with Crippen molar-refractivity contribution in [3.8, 4) is 11.5 Å². The molecule has 0 atom stereocenters. The van der Waals surface area contributed by atoms with E-state index in [2.05, 4.69) is 10.6 Å². The van der Waals surface area contributed by atoms with Crippen molar-refractivity contribution >= 4 is 34.4 Å². The lowest BCUT2D eigenvalue weighted by atomic mass is 10.1. The zero-order valence-corrected chi connectivity index (χ0v) is 14.9. The molecular weight excluding hydrogens is 387 g/mol. The third-order valence-corrected chi connectivity index (χ3v) is 3.61. The second kappa shape index (κ2) is 8.08. The highest BCUT2D eigenvalue weighted by atomic mass is 32.1. The molecule has 0 radical (unpaired) electrons. The summed E-state index contributed by atoms with van der Waals surface area (Å²) in [6.07, 6.45) is -4.80. The van der Waals surface area contributed by atoms with Crippen LogP contribution in [0.5, 0.6) is 11.5 Å². The quantitative estimate of drug-likeness (QED) is 0.435. The standard InChI is InChI=1S/C16H14F3N3O4S/c1-25-13-6-3-9(7-14(13)26-2)20-15(27)21-12-5-4-10(22(23)24)8-11(12)16(17,18)19/h3-8H,1-2H3,(H2,20,21,27). The molecule has 11 heteroatoms. The first-order valence-corrected chi connectivity index (χ1v) is 7.72. The topological polar surface area (TPSA) is 85.7 Å². The number of nitro benzene ring substituents is 1. The van der Waals surface area contributed by atoms with Crippen molar-refractivity contribution in [1.29, 1.82) is 0 Å². The lowest BCUT2D eigenvalue weighted by molar-refractivity contribution is -0.385. The summed E-state index contributed by atoms with van der Waals surface area (Å²) in [4.78, 5) is 9.82. The van der Waals surface area contributed by atoms with Crippen LogP contribution >= 0.6 is 12.2 Å². The average molecular weight is 401 g/mol. The van der Waals surface area contributed by atoms with Gasteiger partial charge in [-0.15, -0.1) is 0 Å². The third kappa shape index (κ3) is 4.97. The number of hydrogen-bond donors (Lipinski definition) is 2. The molecule has 0 unspecified atom stereocenters. The molecule has 0 aromatic heterocycles. The van der Waals surface area contributed by atoms with Crippen molar-refractivity contribution in [3.05, 3.63) is 52.1 Å². The second-order valence-corrected chi connectivity index (χ2v) is 5.54. The van der Waals surface area contributed by atoms with Gasteiger partial charge in [-0.2, -0.15) is 13.2 Å². The minimum Gasteiger partial charge on any atom is -0.493 e. The number of anilines is 2. The normalized spacial score (nSPS) is 10.9. The number of rotatable bonds is 5. The fourth-order valence-corrected chi connectivity index (χ4v) is 2.42. The van der Waals surface area contributed by atoms with Crippen molar-refractivity contribution in [2.45, 2.75) is 6.18 Å². The molecule has 0 amide bonds. The number of alkyl halides is 3. The van der Waals surface area contributed by atoms with E-state index in [9.17, 15) is 23.3 Å². The maximum atomic E-state index is 13.2. The Hall–Kier alpha value is -3.08. The molecule has 0 heterocycles. The number of ether oxygens (including phenoxy) is 2. The SMILES string of the molecule is COc1ccc(NC(=S)Nc2ccc([N+](=O)[O-])cc2C(F)(F)F)cc1OC. The number of benzene rings is 2. The molecule has 0 aliphatic heterocycles. The monoisotopic (exact) mass is 401 g/mol. The summed E-state index contributed by atoms with van der Waals surface area (Å²) in [6.45, 7) is 0. The van der Waals surface area contributed by atoms with Crippen LogP contribution in [0.15, 0.2) is 36.4 Å². The Balaban J connectivity index is 2.24. The molecule has 0 spiro atoms. The fraction of sp³-hybridized carbons (Fsp3) is 0.188. The molecule has 0 aliphatic rings. The van der Waals surface area contributed by atoms with Crippen molar-refractivity contribution < 1.29 is 27.6 Å². The summed E-state index contributed by atoms with van der Waals surface area (Å²) < 4.78 is 49.8. The van der Waals surface area contributed by atoms with Gasteiger partial charge in [0.1, 0.15) is 0 Å². The zero-order chi connectivity index (χ0) is 20.2. The number of hydrogen-bond acceptors (Lipinski definition) is 5. The average Bonchev–Trinajstić information content (AvgIpc) is 2.60. The number of nitrogens with zero attached hydrogens (tertiary/aromatic N) is 1. The number of halogens is 3. The van der Waals surface area contributed by atoms with Gasteiger partial charge < -0.3 is 20.1 Å². The molecule has 0 saturated heterocycles. The van der Waals surface area contributed by atoms with Crippen LogP contribution in [0.25, 0.3) is 0 Å². The van der Waals surface area contributed by atoms with Gasteiger partial charge in [-0.05, 0) is 30.4 Å². The van der Waals surface area contributed by atoms with Crippen LogP contribution in [-0.2, 0) is 6.18 Å². The van der Waals surface area contributed by atoms with Gasteiger partial charge in [-0.3, -0.25) is 10.1 Å². The summed E-state index contributed by atoms with van der Waals surface area (Å²) in [6, 6.07) is 7.08. The summed E-state index contributed by atoms with van der Waals surface area (Å²) in [7, 11) is 2.90. The van der Waals surface area contributed by atoms with E-state index >= 15 is 0 Å². The summed E-state index contributed by atoms with van der Waals surface area (Å²) in [5, 5.41) is 15.7. The van der Waals surface area contributed by atoms with E-state index in [1.54, 1.807) is 18.2 Å². The van der Waals surface area contributed by atoms with Gasteiger partial charge in [0.05, 0.1) is 30.4 Å². The van der Waals surface area contributed by atoms with E-state index in [1.807, 2.05) is 0 Å². The van der Waals surface area contributed by atoms with E-state index in [0.29, 0.717) is 23.3 Å². The smallest absolute Gasteiger partial charge is 0.418 e. The fourth-order valence-electron chi connectivity index (χ4n) is 2.19. The van der Waals surface area contributed by atoms with Crippen LogP contribution in [0.2, 0.25) is 0 Å². The Labute approximate surface area is 157 Å². The van der Waals surface area contributed by atoms with Crippen LogP contribution in [0, 0.1) is 10.1 Å². The second-order valence-electron chi connectivity index (χ2n) is 5.13. The predicted octanol–water partition coefficient (Wildman–Crippen LogP) is 4.44. The molecule has 0 fully saturated rings. The minimum absolute atomic E-state index is 0.137. The maximum absolute atomic E-state index is 13.2. The van der Waals surface area contributed by atoms with Crippen LogP contribution < -0.4 is 20.1 Å². The van der Waals surface area contributed by atoms with Gasteiger partial charge in [0, 0.05) is 23.9 Å². The molecule has 2 rings (SSSR count). The van der Waals surface area contributed by atoms with Crippen molar-refractivity contribution in [1.82, 2.24) is 0 Å². The van der Waals surface area contributed by atoms with Gasteiger partial charge >= 0.3 is 6.18 Å². The van der Waals surface area contributed by atoms with Crippen molar-refractivity contribution in [2.75, 3.05) is 24.9 Å². The minimum atomic E-state index is -4.80. The summed E-state index contributed by atoms with van der Waals surface area (Å²) >= 11 is 5.03. The molecule has 144 valence electrons. The predicted molar refractivity (Wildman–Crippen MR) is 97.5 cm³/mol. The molecule has 0 bridgehead atoms. The number of non-ortho nitro benzene ring substituents is 1. The summed E-state index contributed by atoms with van der Waals surface area (Å²) in [5.74, 6) is 0.869. The Morgan fingerprint density at radius 1 is 1.07 bits per heavy atom. The highest BCUT2D eigenvalue weighted by Gasteiger charge is 2.35. The largest absolute Gasteiger partial charge is 0.493 e. The first kappa shape index (κ1) is 20.2. The first-order chi connectivity index (χ1) is 12.7. The van der Waals surface area contributed by atoms with Gasteiger partial charge in [0.2, 0.25) is 0 Å². The number of nitrogens with one attached hydrogen (secondary N) is 2. The molecule has 2 aromatic carbocycles. The summed E-state index contributed by atoms with van der Waals surface area (Å²) in [5.41, 5.74) is -1.84. The third-order valence-electron chi connectivity index (χ3n) is 3.41. The Kier molecular flexibility index (Phi) is 6.05. The van der Waals surface area contributed by atoms with E-state index in [-0.39, 0.29) is 5.11 Å². The Bertz CT molecular complexity index is 874. The Morgan fingerprint density at radius 2 is 1.74 bits per heavy atom. The molecule has 2 aromatic rings. The highest BCUT2D eigenvalue weighted by molar-refractivity contribution is 7.80. The molecule has 0 aliphatic carbocycles. The van der Waals surface area contributed by atoms with Crippen LogP contribution in [0.4, 0.5) is 30.2 Å². The number of nitro groups is 1. The lowest BCUT2D eigenvalue weighted by Crippen LogP contribution is -2.21. The van der Waals surface area contributed by atoms with Crippen LogP contribution in [0.3, 0.4) is 0 Å². The van der Waals surface area contributed by atoms with Gasteiger partial charge in [-0.25, -0.2) is 0 Å². The van der Waals surface area contributed by atoms with Crippen LogP contribution in [-0.4, -0.2) is 24.3 Å². The molecule has 7 nitrogen and oxygen atoms in total. The van der Waals surface area contributed by atoms with Crippen molar-refractivity contribution in [3.63, 3.8) is 0 Å². The zero-order valence-electron chi connectivity index (χ0n) is 14.1. The molecule has 0 saturated carbocycles. The maximum Gasteiger partial charge on any atom is 0.418 e. The molecular formula is C16H14F3N3O4S. The van der Waals surface area contributed by atoms with Gasteiger partial charge in [-0.1, -0.05) is 0 Å². The first-order valence-electron chi connectivity index (χ1n) is 7.31. The van der Waals surface area contributed by atoms with E-state index in [0.717, 1.165) is 12.1 Å². The molecule has 2 N–H and O–H groups in total. The van der Waals surface area contributed by atoms with Gasteiger partial charge in [0.25, 0.3) is 5.69 Å². The lowest BCUT2D eigenvalue weighted by Gasteiger charge is -2.16. The van der Waals surface area contributed by atoms with Crippen molar-refractivity contribution in [2.24, 2.45) is 0 Å². The van der Waals surface area contributed by atoms with Gasteiger partial charge in [0.15, 0.2) is 16.6 Å². The van der Waals surface area contributed by atoms with E-state index in [4.69, 9.17) is 21.7 Å². The van der Waals surface area contributed by atoms with E-state index < -0.39 is 28.0 Å². The Morgan fingerprint density at radius 3 is 2.30 bits per heavy atom. The van der Waals surface area contributed by atoms with Crippen LogP contribution in [0.1, 0.15) is 5.56 Å². The van der Waals surface area contributed by atoms with E-state index in [1.165, 1.54) is 14.2 Å². The number of thiocarbonyl (C=S) groups is 1. The molecule has 27 heavy (non-hydrogen) atoms.